The van der Waals surface area contributed by atoms with Gasteiger partial charge in [-0.05, 0) is 19.4 Å². The van der Waals surface area contributed by atoms with Crippen molar-refractivity contribution < 1.29 is 10.3 Å². The highest BCUT2D eigenvalue weighted by atomic mass is 16.4. The van der Waals surface area contributed by atoms with Crippen LogP contribution >= 0.6 is 0 Å². The number of hydrogen-bond acceptors (Lipinski definition) is 4. The molecule has 0 amide bonds. The van der Waals surface area contributed by atoms with E-state index in [1.54, 1.807) is 0 Å². The van der Waals surface area contributed by atoms with Crippen LogP contribution < -0.4 is 5.73 Å². The highest BCUT2D eigenvalue weighted by Gasteiger charge is 2.25. The van der Waals surface area contributed by atoms with E-state index in [0.29, 0.717) is 0 Å². The fourth-order valence-corrected chi connectivity index (χ4v) is 1.89. The molecule has 14 heavy (non-hydrogen) atoms. The minimum absolute atomic E-state index is 0.0344. The normalized spacial score (nSPS) is 26.7. The van der Waals surface area contributed by atoms with Gasteiger partial charge in [-0.2, -0.15) is 0 Å². The van der Waals surface area contributed by atoms with Gasteiger partial charge in [-0.25, -0.2) is 0 Å². The van der Waals surface area contributed by atoms with Crippen LogP contribution in [0.15, 0.2) is 5.16 Å². The van der Waals surface area contributed by atoms with Crippen LogP contribution in [0.5, 0.6) is 0 Å². The first-order valence-electron chi connectivity index (χ1n) is 5.01. The molecule has 0 aromatic carbocycles. The average Bonchev–Trinajstić information content (AvgIpc) is 2.63. The number of likely N-dealkylation sites (tertiary alicyclic amines) is 1. The third kappa shape index (κ3) is 2.59. The smallest absolute Gasteiger partial charge is 0.143 e. The Morgan fingerprint density at radius 2 is 2.43 bits per heavy atom. The molecule has 0 aliphatic carbocycles. The fraction of sp³-hybridized carbons (Fsp3) is 0.889. The van der Waals surface area contributed by atoms with Crippen LogP contribution in [0.3, 0.4) is 0 Å². The van der Waals surface area contributed by atoms with Crippen molar-refractivity contribution in [1.82, 2.24) is 4.90 Å². The van der Waals surface area contributed by atoms with Crippen molar-refractivity contribution in [2.24, 2.45) is 16.8 Å². The van der Waals surface area contributed by atoms with E-state index >= 15 is 0 Å². The van der Waals surface area contributed by atoms with E-state index in [4.69, 9.17) is 16.0 Å². The van der Waals surface area contributed by atoms with Crippen LogP contribution in [0.2, 0.25) is 0 Å². The molecular formula is C9H19N3O2. The lowest BCUT2D eigenvalue weighted by atomic mass is 10.1. The zero-order chi connectivity index (χ0) is 10.6. The first-order chi connectivity index (χ1) is 6.69. The summed E-state index contributed by atoms with van der Waals surface area (Å²) in [4.78, 5) is 2.20. The summed E-state index contributed by atoms with van der Waals surface area (Å²) in [5, 5.41) is 20.6. The molecular weight excluding hydrogens is 182 g/mol. The Bertz CT molecular complexity index is 208. The number of nitrogens with zero attached hydrogens (tertiary/aromatic N) is 2. The molecule has 0 aromatic heterocycles. The number of amidine groups is 1. The Kier molecular flexibility index (Phi) is 4.16. The highest BCUT2D eigenvalue weighted by Crippen LogP contribution is 2.17. The summed E-state index contributed by atoms with van der Waals surface area (Å²) < 4.78 is 0. The van der Waals surface area contributed by atoms with Crippen LogP contribution in [-0.2, 0) is 0 Å². The summed E-state index contributed by atoms with van der Waals surface area (Å²) >= 11 is 0. The molecule has 1 aliphatic rings. The van der Waals surface area contributed by atoms with Gasteiger partial charge in [0.05, 0.1) is 6.61 Å². The van der Waals surface area contributed by atoms with E-state index < -0.39 is 0 Å². The number of aliphatic hydroxyl groups excluding tert-OH is 1. The molecule has 0 radical (unpaired) electrons. The van der Waals surface area contributed by atoms with Crippen molar-refractivity contribution in [3.05, 3.63) is 0 Å². The summed E-state index contributed by atoms with van der Waals surface area (Å²) in [5.41, 5.74) is 5.49. The van der Waals surface area contributed by atoms with E-state index in [1.807, 2.05) is 6.92 Å². The van der Waals surface area contributed by atoms with Crippen molar-refractivity contribution in [3.63, 3.8) is 0 Å². The van der Waals surface area contributed by atoms with Crippen molar-refractivity contribution in [2.75, 3.05) is 19.7 Å². The number of rotatable bonds is 4. The summed E-state index contributed by atoms with van der Waals surface area (Å²) in [5.74, 6) is 0.292. The van der Waals surface area contributed by atoms with Crippen molar-refractivity contribution in [3.8, 4) is 0 Å². The molecule has 0 bridgehead atoms. The van der Waals surface area contributed by atoms with Gasteiger partial charge in [0.2, 0.25) is 0 Å². The summed E-state index contributed by atoms with van der Waals surface area (Å²) in [7, 11) is 0. The SMILES string of the molecule is CC(CN1CCCC1CO)C(N)=NO. The molecule has 0 aromatic rings. The molecule has 2 atom stereocenters. The van der Waals surface area contributed by atoms with Gasteiger partial charge in [0.15, 0.2) is 0 Å². The maximum Gasteiger partial charge on any atom is 0.143 e. The Labute approximate surface area is 84.2 Å². The number of hydrogen-bond donors (Lipinski definition) is 3. The van der Waals surface area contributed by atoms with Crippen LogP contribution in [0, 0.1) is 5.92 Å². The molecule has 0 saturated carbocycles. The Morgan fingerprint density at radius 1 is 1.71 bits per heavy atom. The molecule has 0 spiro atoms. The zero-order valence-electron chi connectivity index (χ0n) is 8.56. The summed E-state index contributed by atoms with van der Waals surface area (Å²) in [6.07, 6.45) is 2.16. The van der Waals surface area contributed by atoms with Gasteiger partial charge in [-0.15, -0.1) is 0 Å². The lowest BCUT2D eigenvalue weighted by Crippen LogP contribution is -2.39. The molecule has 82 valence electrons. The first-order valence-corrected chi connectivity index (χ1v) is 5.01. The molecule has 2 unspecified atom stereocenters. The van der Waals surface area contributed by atoms with Crippen LogP contribution in [0.4, 0.5) is 0 Å². The average molecular weight is 201 g/mol. The standard InChI is InChI=1S/C9H19N3O2/c1-7(9(10)11-14)5-12-4-2-3-8(12)6-13/h7-8,13-14H,2-6H2,1H3,(H2,10,11). The summed E-state index contributed by atoms with van der Waals surface area (Å²) in [6, 6.07) is 0.254. The Hall–Kier alpha value is -0.810. The molecule has 1 fully saturated rings. The largest absolute Gasteiger partial charge is 0.409 e. The van der Waals surface area contributed by atoms with Gasteiger partial charge in [-0.3, -0.25) is 4.90 Å². The van der Waals surface area contributed by atoms with Gasteiger partial charge < -0.3 is 16.0 Å². The maximum atomic E-state index is 9.09. The molecule has 5 nitrogen and oxygen atoms in total. The number of oxime groups is 1. The lowest BCUT2D eigenvalue weighted by molar-refractivity contribution is 0.152. The third-order valence-electron chi connectivity index (χ3n) is 2.84. The molecule has 1 saturated heterocycles. The van der Waals surface area contributed by atoms with Crippen LogP contribution in [0.1, 0.15) is 19.8 Å². The summed E-state index contributed by atoms with van der Waals surface area (Å²) in [6.45, 7) is 3.86. The third-order valence-corrected chi connectivity index (χ3v) is 2.84. The Morgan fingerprint density at radius 3 is 3.00 bits per heavy atom. The lowest BCUT2D eigenvalue weighted by Gasteiger charge is -2.25. The van der Waals surface area contributed by atoms with Crippen LogP contribution in [0.25, 0.3) is 0 Å². The van der Waals surface area contributed by atoms with Crippen molar-refractivity contribution in [1.29, 1.82) is 0 Å². The van der Waals surface area contributed by atoms with E-state index in [-0.39, 0.29) is 24.4 Å². The quantitative estimate of drug-likeness (QED) is 0.255. The van der Waals surface area contributed by atoms with Crippen LogP contribution in [-0.4, -0.2) is 46.8 Å². The van der Waals surface area contributed by atoms with Gasteiger partial charge >= 0.3 is 0 Å². The van der Waals surface area contributed by atoms with Gasteiger partial charge in [0.25, 0.3) is 0 Å². The number of nitrogens with two attached hydrogens (primary N) is 1. The van der Waals surface area contributed by atoms with Gasteiger partial charge in [0, 0.05) is 18.5 Å². The second kappa shape index (κ2) is 5.17. The molecule has 1 rings (SSSR count). The first kappa shape index (κ1) is 11.3. The topological polar surface area (TPSA) is 82.1 Å². The molecule has 1 heterocycles. The minimum atomic E-state index is 0.0344. The van der Waals surface area contributed by atoms with E-state index in [9.17, 15) is 0 Å². The predicted octanol–water partition coefficient (Wildman–Crippen LogP) is -0.174. The Balaban J connectivity index is 2.43. The van der Waals surface area contributed by atoms with E-state index in [1.165, 1.54) is 0 Å². The van der Waals surface area contributed by atoms with Gasteiger partial charge in [-0.1, -0.05) is 12.1 Å². The molecule has 4 N–H and O–H groups in total. The fourth-order valence-electron chi connectivity index (χ4n) is 1.89. The zero-order valence-corrected chi connectivity index (χ0v) is 8.56. The highest BCUT2D eigenvalue weighted by molar-refractivity contribution is 5.82. The maximum absolute atomic E-state index is 9.09. The van der Waals surface area contributed by atoms with E-state index in [2.05, 4.69) is 10.1 Å². The van der Waals surface area contributed by atoms with Crippen molar-refractivity contribution >= 4 is 5.84 Å². The molecule has 1 aliphatic heterocycles. The second-order valence-electron chi connectivity index (χ2n) is 3.90. The number of aliphatic hydroxyl groups is 1. The predicted molar refractivity (Wildman–Crippen MR) is 54.3 cm³/mol. The van der Waals surface area contributed by atoms with E-state index in [0.717, 1.165) is 25.9 Å². The molecule has 5 heteroatoms. The second-order valence-corrected chi connectivity index (χ2v) is 3.90. The van der Waals surface area contributed by atoms with Gasteiger partial charge in [0.1, 0.15) is 5.84 Å². The monoisotopic (exact) mass is 201 g/mol. The minimum Gasteiger partial charge on any atom is -0.409 e. The van der Waals surface area contributed by atoms with Crippen molar-refractivity contribution in [2.45, 2.75) is 25.8 Å².